The van der Waals surface area contributed by atoms with E-state index in [2.05, 4.69) is 6.58 Å². The Labute approximate surface area is 137 Å². The molecule has 0 N–H and O–H groups in total. The zero-order chi connectivity index (χ0) is 16.1. The van der Waals surface area contributed by atoms with E-state index < -0.39 is 0 Å². The highest BCUT2D eigenvalue weighted by atomic mass is 16.5. The standard InChI is InChI=1S/C20H21NO2/c1-16-12-19(15-23-14-18-10-6-3-7-11-18)21(20(16)22)13-17-8-4-2-5-9-17/h2-11,19H,1,12-15H2. The molecule has 3 heteroatoms. The molecule has 1 unspecified atom stereocenters. The van der Waals surface area contributed by atoms with Crippen LogP contribution in [0.15, 0.2) is 72.8 Å². The van der Waals surface area contributed by atoms with Gasteiger partial charge in [-0.2, -0.15) is 0 Å². The molecule has 1 aliphatic rings. The second kappa shape index (κ2) is 7.25. The van der Waals surface area contributed by atoms with E-state index >= 15 is 0 Å². The first-order valence-electron chi connectivity index (χ1n) is 7.88. The van der Waals surface area contributed by atoms with Gasteiger partial charge in [0, 0.05) is 12.1 Å². The molecule has 3 rings (SSSR count). The lowest BCUT2D eigenvalue weighted by atomic mass is 10.1. The third-order valence-electron chi connectivity index (χ3n) is 4.10. The summed E-state index contributed by atoms with van der Waals surface area (Å²) < 4.78 is 5.83. The molecule has 0 saturated carbocycles. The molecular weight excluding hydrogens is 286 g/mol. The summed E-state index contributed by atoms with van der Waals surface area (Å²) in [6, 6.07) is 20.2. The number of ether oxygens (including phenoxy) is 1. The predicted octanol–water partition coefficient (Wildman–Crippen LogP) is 3.56. The van der Waals surface area contributed by atoms with Crippen molar-refractivity contribution in [3.05, 3.63) is 83.9 Å². The van der Waals surface area contributed by atoms with Crippen LogP contribution in [-0.4, -0.2) is 23.5 Å². The van der Waals surface area contributed by atoms with Crippen LogP contribution in [0.4, 0.5) is 0 Å². The molecule has 1 aliphatic heterocycles. The molecule has 2 aromatic rings. The monoisotopic (exact) mass is 307 g/mol. The number of amides is 1. The van der Waals surface area contributed by atoms with Gasteiger partial charge in [-0.25, -0.2) is 0 Å². The van der Waals surface area contributed by atoms with E-state index in [1.165, 1.54) is 0 Å². The maximum atomic E-state index is 12.3. The van der Waals surface area contributed by atoms with Gasteiger partial charge in [-0.3, -0.25) is 4.79 Å². The lowest BCUT2D eigenvalue weighted by Crippen LogP contribution is -2.35. The molecule has 0 spiro atoms. The minimum absolute atomic E-state index is 0.0437. The van der Waals surface area contributed by atoms with Crippen molar-refractivity contribution < 1.29 is 9.53 Å². The van der Waals surface area contributed by atoms with Crippen molar-refractivity contribution in [3.63, 3.8) is 0 Å². The van der Waals surface area contributed by atoms with Gasteiger partial charge in [0.1, 0.15) is 0 Å². The van der Waals surface area contributed by atoms with Crippen LogP contribution in [0.25, 0.3) is 0 Å². The Balaban J connectivity index is 1.60. The van der Waals surface area contributed by atoms with Gasteiger partial charge in [0.15, 0.2) is 0 Å². The van der Waals surface area contributed by atoms with Gasteiger partial charge < -0.3 is 9.64 Å². The fourth-order valence-electron chi connectivity index (χ4n) is 2.87. The van der Waals surface area contributed by atoms with E-state index in [4.69, 9.17) is 4.74 Å². The molecule has 1 heterocycles. The van der Waals surface area contributed by atoms with E-state index in [9.17, 15) is 4.79 Å². The van der Waals surface area contributed by atoms with Gasteiger partial charge in [0.05, 0.1) is 19.3 Å². The molecule has 1 fully saturated rings. The van der Waals surface area contributed by atoms with Crippen LogP contribution in [-0.2, 0) is 22.7 Å². The lowest BCUT2D eigenvalue weighted by molar-refractivity contribution is -0.127. The Bertz CT molecular complexity index is 667. The van der Waals surface area contributed by atoms with Crippen molar-refractivity contribution in [2.45, 2.75) is 25.6 Å². The van der Waals surface area contributed by atoms with Gasteiger partial charge in [-0.15, -0.1) is 0 Å². The number of likely N-dealkylation sites (tertiary alicyclic amines) is 1. The summed E-state index contributed by atoms with van der Waals surface area (Å²) >= 11 is 0. The number of nitrogens with zero attached hydrogens (tertiary/aromatic N) is 1. The first-order chi connectivity index (χ1) is 11.2. The Morgan fingerprint density at radius 3 is 2.26 bits per heavy atom. The summed E-state index contributed by atoms with van der Waals surface area (Å²) in [5.41, 5.74) is 2.95. The summed E-state index contributed by atoms with van der Waals surface area (Å²) in [6.07, 6.45) is 0.681. The minimum Gasteiger partial charge on any atom is -0.375 e. The Kier molecular flexibility index (Phi) is 4.89. The van der Waals surface area contributed by atoms with Gasteiger partial charge >= 0.3 is 0 Å². The van der Waals surface area contributed by atoms with Crippen molar-refractivity contribution in [1.29, 1.82) is 0 Å². The van der Waals surface area contributed by atoms with Crippen LogP contribution in [0.3, 0.4) is 0 Å². The van der Waals surface area contributed by atoms with Crippen LogP contribution < -0.4 is 0 Å². The molecule has 2 aromatic carbocycles. The molecule has 1 atom stereocenters. The Morgan fingerprint density at radius 2 is 1.61 bits per heavy atom. The van der Waals surface area contributed by atoms with Crippen molar-refractivity contribution in [1.82, 2.24) is 4.90 Å². The van der Waals surface area contributed by atoms with Gasteiger partial charge in [0.2, 0.25) is 5.91 Å². The Morgan fingerprint density at radius 1 is 1.00 bits per heavy atom. The molecule has 0 bridgehead atoms. The second-order valence-electron chi connectivity index (χ2n) is 5.88. The smallest absolute Gasteiger partial charge is 0.249 e. The van der Waals surface area contributed by atoms with Crippen LogP contribution >= 0.6 is 0 Å². The van der Waals surface area contributed by atoms with E-state index in [-0.39, 0.29) is 11.9 Å². The number of carbonyl (C=O) groups is 1. The van der Waals surface area contributed by atoms with Crippen molar-refractivity contribution >= 4 is 5.91 Å². The molecule has 0 radical (unpaired) electrons. The Hall–Kier alpha value is -2.39. The summed E-state index contributed by atoms with van der Waals surface area (Å²) in [5, 5.41) is 0. The maximum absolute atomic E-state index is 12.3. The number of benzene rings is 2. The third kappa shape index (κ3) is 3.88. The van der Waals surface area contributed by atoms with E-state index in [0.717, 1.165) is 11.1 Å². The molecule has 0 aromatic heterocycles. The molecule has 118 valence electrons. The first-order valence-corrected chi connectivity index (χ1v) is 7.88. The fraction of sp³-hybridized carbons (Fsp3) is 0.250. The van der Waals surface area contributed by atoms with Gasteiger partial charge in [0.25, 0.3) is 0 Å². The molecule has 3 nitrogen and oxygen atoms in total. The summed E-state index contributed by atoms with van der Waals surface area (Å²) in [6.45, 7) is 5.61. The quantitative estimate of drug-likeness (QED) is 0.764. The highest BCUT2D eigenvalue weighted by Crippen LogP contribution is 2.25. The lowest BCUT2D eigenvalue weighted by Gasteiger charge is -2.24. The SMILES string of the molecule is C=C1CC(COCc2ccccc2)N(Cc2ccccc2)C1=O. The average molecular weight is 307 g/mol. The molecule has 23 heavy (non-hydrogen) atoms. The average Bonchev–Trinajstić information content (AvgIpc) is 2.85. The zero-order valence-corrected chi connectivity index (χ0v) is 13.2. The largest absolute Gasteiger partial charge is 0.375 e. The van der Waals surface area contributed by atoms with E-state index in [1.54, 1.807) is 0 Å². The van der Waals surface area contributed by atoms with Crippen LogP contribution in [0.2, 0.25) is 0 Å². The minimum atomic E-state index is 0.0437. The summed E-state index contributed by atoms with van der Waals surface area (Å²) in [7, 11) is 0. The van der Waals surface area contributed by atoms with Crippen molar-refractivity contribution in [3.8, 4) is 0 Å². The van der Waals surface area contributed by atoms with Crippen LogP contribution in [0, 0.1) is 0 Å². The summed E-state index contributed by atoms with van der Waals surface area (Å²) in [5.74, 6) is 0.0437. The maximum Gasteiger partial charge on any atom is 0.249 e. The number of hydrogen-bond donors (Lipinski definition) is 0. The highest BCUT2D eigenvalue weighted by molar-refractivity contribution is 5.95. The first kappa shape index (κ1) is 15.5. The van der Waals surface area contributed by atoms with Crippen molar-refractivity contribution in [2.24, 2.45) is 0 Å². The normalized spacial score (nSPS) is 17.7. The number of hydrogen-bond acceptors (Lipinski definition) is 2. The number of rotatable bonds is 6. The summed E-state index contributed by atoms with van der Waals surface area (Å²) in [4.78, 5) is 14.2. The van der Waals surface area contributed by atoms with E-state index in [1.807, 2.05) is 65.6 Å². The van der Waals surface area contributed by atoms with E-state index in [0.29, 0.717) is 31.8 Å². The molecule has 1 saturated heterocycles. The second-order valence-corrected chi connectivity index (χ2v) is 5.88. The molecule has 0 aliphatic carbocycles. The zero-order valence-electron chi connectivity index (χ0n) is 13.2. The highest BCUT2D eigenvalue weighted by Gasteiger charge is 2.33. The van der Waals surface area contributed by atoms with Crippen LogP contribution in [0.5, 0.6) is 0 Å². The van der Waals surface area contributed by atoms with Gasteiger partial charge in [-0.05, 0) is 17.5 Å². The van der Waals surface area contributed by atoms with Gasteiger partial charge in [-0.1, -0.05) is 67.2 Å². The topological polar surface area (TPSA) is 29.5 Å². The number of carbonyl (C=O) groups excluding carboxylic acids is 1. The van der Waals surface area contributed by atoms with Crippen molar-refractivity contribution in [2.75, 3.05) is 6.61 Å². The predicted molar refractivity (Wildman–Crippen MR) is 90.6 cm³/mol. The fourth-order valence-corrected chi connectivity index (χ4v) is 2.87. The third-order valence-corrected chi connectivity index (χ3v) is 4.10. The molecule has 1 amide bonds. The van der Waals surface area contributed by atoms with Crippen LogP contribution in [0.1, 0.15) is 17.5 Å². The molecular formula is C20H21NO2.